The molecule has 0 spiro atoms. The Hall–Kier alpha value is -2.42. The van der Waals surface area contributed by atoms with Crippen molar-refractivity contribution in [2.45, 2.75) is 23.8 Å². The van der Waals surface area contributed by atoms with Crippen molar-refractivity contribution in [3.05, 3.63) is 87.4 Å². The molecule has 0 heterocycles. The Labute approximate surface area is 213 Å². The highest BCUT2D eigenvalue weighted by Gasteiger charge is 2.26. The van der Waals surface area contributed by atoms with E-state index >= 15 is 0 Å². The van der Waals surface area contributed by atoms with Crippen LogP contribution in [0.25, 0.3) is 11.1 Å². The summed E-state index contributed by atoms with van der Waals surface area (Å²) in [6.07, 6.45) is 0.421. The van der Waals surface area contributed by atoms with Crippen LogP contribution in [0.4, 0.5) is 0 Å². The maximum Gasteiger partial charge on any atom is 0.338 e. The SMILES string of the molecule is N=CCC[C@@H](COC(=O)c1ccc(-c2ccccc2)cc1)OS(=O)(=O)c1cc(Cl)c(Cl)cc1Cl. The molecule has 0 saturated carbocycles. The van der Waals surface area contributed by atoms with Crippen molar-refractivity contribution in [2.75, 3.05) is 6.61 Å². The summed E-state index contributed by atoms with van der Waals surface area (Å²) in [6, 6.07) is 18.8. The highest BCUT2D eigenvalue weighted by atomic mass is 35.5. The second-order valence-corrected chi connectivity index (χ2v) is 9.95. The maximum absolute atomic E-state index is 12.8. The number of nitrogens with one attached hydrogen (secondary N) is 1. The van der Waals surface area contributed by atoms with Crippen LogP contribution in [0, 0.1) is 5.41 Å². The van der Waals surface area contributed by atoms with E-state index in [1.54, 1.807) is 24.3 Å². The monoisotopic (exact) mass is 539 g/mol. The molecule has 3 aromatic rings. The lowest BCUT2D eigenvalue weighted by atomic mass is 10.0. The molecule has 1 atom stereocenters. The Balaban J connectivity index is 1.70. The van der Waals surface area contributed by atoms with Crippen LogP contribution < -0.4 is 0 Å². The minimum atomic E-state index is -4.35. The van der Waals surface area contributed by atoms with E-state index in [0.717, 1.165) is 23.4 Å². The molecule has 0 radical (unpaired) electrons. The summed E-state index contributed by atoms with van der Waals surface area (Å²) in [5, 5.41) is 7.16. The van der Waals surface area contributed by atoms with Crippen LogP contribution in [-0.2, 0) is 19.0 Å². The summed E-state index contributed by atoms with van der Waals surface area (Å²) >= 11 is 17.8. The van der Waals surface area contributed by atoms with E-state index in [1.807, 2.05) is 30.3 Å². The van der Waals surface area contributed by atoms with Crippen LogP contribution in [-0.4, -0.2) is 33.3 Å². The fraction of sp³-hybridized carbons (Fsp3) is 0.167. The second-order valence-electron chi connectivity index (χ2n) is 7.19. The highest BCUT2D eigenvalue weighted by molar-refractivity contribution is 7.87. The number of rotatable bonds is 10. The van der Waals surface area contributed by atoms with Gasteiger partial charge in [-0.2, -0.15) is 8.42 Å². The molecule has 178 valence electrons. The van der Waals surface area contributed by atoms with Crippen molar-refractivity contribution in [3.63, 3.8) is 0 Å². The number of benzene rings is 3. The van der Waals surface area contributed by atoms with E-state index < -0.39 is 22.2 Å². The number of hydrogen-bond donors (Lipinski definition) is 1. The minimum Gasteiger partial charge on any atom is -0.459 e. The van der Waals surface area contributed by atoms with Gasteiger partial charge < -0.3 is 10.1 Å². The van der Waals surface area contributed by atoms with Crippen molar-refractivity contribution in [1.82, 2.24) is 0 Å². The third-order valence-corrected chi connectivity index (χ3v) is 7.32. The van der Waals surface area contributed by atoms with Gasteiger partial charge in [-0.3, -0.25) is 4.18 Å². The first-order valence-corrected chi connectivity index (χ1v) is 12.6. The molecule has 0 aliphatic carbocycles. The minimum absolute atomic E-state index is 0.00494. The molecule has 34 heavy (non-hydrogen) atoms. The Morgan fingerprint density at radius 3 is 2.18 bits per heavy atom. The van der Waals surface area contributed by atoms with Crippen LogP contribution in [0.15, 0.2) is 71.6 Å². The fourth-order valence-corrected chi connectivity index (χ4v) is 5.11. The molecular weight excluding hydrogens is 521 g/mol. The molecule has 3 aromatic carbocycles. The van der Waals surface area contributed by atoms with E-state index in [2.05, 4.69) is 0 Å². The molecule has 0 saturated heterocycles. The Bertz CT molecular complexity index is 1270. The summed E-state index contributed by atoms with van der Waals surface area (Å²) < 4.78 is 36.1. The van der Waals surface area contributed by atoms with E-state index in [4.69, 9.17) is 49.1 Å². The summed E-state index contributed by atoms with van der Waals surface area (Å²) in [7, 11) is -4.35. The number of ether oxygens (including phenoxy) is 1. The molecular formula is C24H20Cl3NO5S. The van der Waals surface area contributed by atoms with Crippen LogP contribution in [0.5, 0.6) is 0 Å². The van der Waals surface area contributed by atoms with Crippen molar-refractivity contribution in [1.29, 1.82) is 5.41 Å². The summed E-state index contributed by atoms with van der Waals surface area (Å²) in [4.78, 5) is 12.2. The predicted molar refractivity (Wildman–Crippen MR) is 134 cm³/mol. The lowest BCUT2D eigenvalue weighted by Crippen LogP contribution is -2.26. The number of carbonyl (C=O) groups excluding carboxylic acids is 1. The van der Waals surface area contributed by atoms with Gasteiger partial charge in [-0.1, -0.05) is 77.3 Å². The molecule has 0 aliphatic rings. The third kappa shape index (κ3) is 6.81. The van der Waals surface area contributed by atoms with Gasteiger partial charge in [0.25, 0.3) is 10.1 Å². The zero-order valence-electron chi connectivity index (χ0n) is 17.7. The first kappa shape index (κ1) is 26.2. The quantitative estimate of drug-likeness (QED) is 0.134. The normalized spacial score (nSPS) is 12.2. The van der Waals surface area contributed by atoms with Gasteiger partial charge in [0.2, 0.25) is 0 Å². The Morgan fingerprint density at radius 2 is 1.53 bits per heavy atom. The Morgan fingerprint density at radius 1 is 0.912 bits per heavy atom. The van der Waals surface area contributed by atoms with E-state index in [9.17, 15) is 13.2 Å². The molecule has 1 N–H and O–H groups in total. The molecule has 0 aromatic heterocycles. The van der Waals surface area contributed by atoms with Gasteiger partial charge in [0.15, 0.2) is 0 Å². The van der Waals surface area contributed by atoms with Crippen LogP contribution in [0.1, 0.15) is 23.2 Å². The topological polar surface area (TPSA) is 93.5 Å². The van der Waals surface area contributed by atoms with E-state index in [0.29, 0.717) is 5.56 Å². The first-order valence-electron chi connectivity index (χ1n) is 10.1. The third-order valence-electron chi connectivity index (χ3n) is 4.77. The Kier molecular flexibility index (Phi) is 9.10. The number of esters is 1. The van der Waals surface area contributed by atoms with Gasteiger partial charge in [-0.05, 0) is 54.4 Å². The maximum atomic E-state index is 12.8. The molecule has 10 heteroatoms. The zero-order chi connectivity index (χ0) is 24.7. The summed E-state index contributed by atoms with van der Waals surface area (Å²) in [6.45, 7) is -0.342. The van der Waals surface area contributed by atoms with Gasteiger partial charge in [-0.15, -0.1) is 0 Å². The van der Waals surface area contributed by atoms with Crippen LogP contribution in [0.3, 0.4) is 0 Å². The van der Waals surface area contributed by atoms with Gasteiger partial charge >= 0.3 is 5.97 Å². The lowest BCUT2D eigenvalue weighted by molar-refractivity contribution is 0.0311. The fourth-order valence-electron chi connectivity index (χ4n) is 3.04. The number of halogens is 3. The van der Waals surface area contributed by atoms with Gasteiger partial charge in [0, 0.05) is 0 Å². The van der Waals surface area contributed by atoms with Crippen molar-refractivity contribution >= 4 is 57.1 Å². The standard InChI is InChI=1S/C24H20Cl3NO5S/c25-20-13-22(27)23(14-21(20)26)34(30,31)33-19(7-4-12-28)15-32-24(29)18-10-8-17(9-11-18)16-5-2-1-3-6-16/h1-3,5-6,8-14,19,28H,4,7,15H2/t19-/m0/s1. The molecule has 3 rings (SSSR count). The van der Waals surface area contributed by atoms with Crippen molar-refractivity contribution in [2.24, 2.45) is 0 Å². The largest absolute Gasteiger partial charge is 0.459 e. The lowest BCUT2D eigenvalue weighted by Gasteiger charge is -2.18. The van der Waals surface area contributed by atoms with Gasteiger partial charge in [-0.25, -0.2) is 4.79 Å². The smallest absolute Gasteiger partial charge is 0.338 e. The molecule has 6 nitrogen and oxygen atoms in total. The average molecular weight is 541 g/mol. The first-order chi connectivity index (χ1) is 16.2. The van der Waals surface area contributed by atoms with Gasteiger partial charge in [0.05, 0.1) is 20.6 Å². The average Bonchev–Trinajstić information content (AvgIpc) is 2.83. The van der Waals surface area contributed by atoms with Crippen LogP contribution >= 0.6 is 34.8 Å². The molecule has 0 amide bonds. The molecule has 0 aliphatic heterocycles. The van der Waals surface area contributed by atoms with Gasteiger partial charge in [0.1, 0.15) is 17.6 Å². The molecule has 0 bridgehead atoms. The summed E-state index contributed by atoms with van der Waals surface area (Å²) in [5.41, 5.74) is 2.25. The van der Waals surface area contributed by atoms with E-state index in [-0.39, 0.29) is 39.4 Å². The zero-order valence-corrected chi connectivity index (χ0v) is 20.8. The van der Waals surface area contributed by atoms with Crippen LogP contribution in [0.2, 0.25) is 15.1 Å². The van der Waals surface area contributed by atoms with E-state index in [1.165, 1.54) is 6.07 Å². The van der Waals surface area contributed by atoms with Crippen molar-refractivity contribution in [3.8, 4) is 11.1 Å². The second kappa shape index (κ2) is 11.8. The summed E-state index contributed by atoms with van der Waals surface area (Å²) in [5.74, 6) is -0.631. The predicted octanol–water partition coefficient (Wildman–Crippen LogP) is 6.67. The highest BCUT2D eigenvalue weighted by Crippen LogP contribution is 2.33. The number of hydrogen-bond acceptors (Lipinski definition) is 6. The van der Waals surface area contributed by atoms with Crippen molar-refractivity contribution < 1.29 is 22.1 Å². The molecule has 0 unspecified atom stereocenters. The number of carbonyl (C=O) groups is 1. The molecule has 0 fully saturated rings.